The number of carbonyl (C=O) groups is 1. The second-order valence-electron chi connectivity index (χ2n) is 2.24. The number of esters is 1. The van der Waals surface area contributed by atoms with Crippen molar-refractivity contribution in [1.82, 2.24) is 4.98 Å². The van der Waals surface area contributed by atoms with Crippen LogP contribution in [0.2, 0.25) is 0 Å². The predicted molar refractivity (Wildman–Crippen MR) is 49.9 cm³/mol. The van der Waals surface area contributed by atoms with Crippen molar-refractivity contribution >= 4 is 27.7 Å². The summed E-state index contributed by atoms with van der Waals surface area (Å²) < 4.78 is 4.46. The van der Waals surface area contributed by atoms with E-state index in [0.717, 1.165) is 0 Å². The summed E-state index contributed by atoms with van der Waals surface area (Å²) in [5.74, 6) is -1.06. The van der Waals surface area contributed by atoms with Crippen molar-refractivity contribution in [1.29, 1.82) is 0 Å². The summed E-state index contributed by atoms with van der Waals surface area (Å²) >= 11 is 2.92. The second kappa shape index (κ2) is 4.14. The van der Waals surface area contributed by atoms with Gasteiger partial charge in [-0.25, -0.2) is 4.79 Å². The SMILES string of the molecule is COC(=O)c1ccnc([N+](=O)[O-])c1Br. The zero-order valence-corrected chi connectivity index (χ0v) is 8.65. The molecule has 6 nitrogen and oxygen atoms in total. The lowest BCUT2D eigenvalue weighted by molar-refractivity contribution is -0.390. The average molecular weight is 261 g/mol. The molecule has 1 aromatic rings. The maximum atomic E-state index is 11.1. The summed E-state index contributed by atoms with van der Waals surface area (Å²) in [5.41, 5.74) is 0.0780. The highest BCUT2D eigenvalue weighted by molar-refractivity contribution is 9.10. The number of rotatable bonds is 2. The third-order valence-electron chi connectivity index (χ3n) is 1.45. The van der Waals surface area contributed by atoms with E-state index < -0.39 is 16.7 Å². The summed E-state index contributed by atoms with van der Waals surface area (Å²) in [6, 6.07) is 1.34. The molecular formula is C7H5BrN2O4. The summed E-state index contributed by atoms with van der Waals surface area (Å²) in [6.07, 6.45) is 1.18. The second-order valence-corrected chi connectivity index (χ2v) is 3.04. The van der Waals surface area contributed by atoms with Gasteiger partial charge in [-0.15, -0.1) is 0 Å². The molecule has 0 unspecified atom stereocenters. The number of halogens is 1. The molecule has 0 amide bonds. The van der Waals surface area contributed by atoms with Crippen molar-refractivity contribution in [2.45, 2.75) is 0 Å². The Kier molecular flexibility index (Phi) is 3.13. The number of hydrogen-bond acceptors (Lipinski definition) is 5. The highest BCUT2D eigenvalue weighted by Gasteiger charge is 2.21. The standard InChI is InChI=1S/C7H5BrN2O4/c1-14-7(11)4-2-3-9-6(5(4)8)10(12)13/h2-3H,1H3. The number of methoxy groups -OCH3 is 1. The first-order valence-electron chi connectivity index (χ1n) is 3.45. The Morgan fingerprint density at radius 1 is 1.71 bits per heavy atom. The van der Waals surface area contributed by atoms with E-state index in [9.17, 15) is 14.9 Å². The molecular weight excluding hydrogens is 256 g/mol. The number of carbonyl (C=O) groups excluding carboxylic acids is 1. The molecule has 0 bridgehead atoms. The number of ether oxygens (including phenoxy) is 1. The van der Waals surface area contributed by atoms with Crippen LogP contribution in [0, 0.1) is 10.1 Å². The van der Waals surface area contributed by atoms with Gasteiger partial charge in [0.15, 0.2) is 0 Å². The van der Waals surface area contributed by atoms with E-state index in [2.05, 4.69) is 25.7 Å². The zero-order chi connectivity index (χ0) is 10.7. The Bertz CT molecular complexity index is 393. The van der Waals surface area contributed by atoms with E-state index in [1.807, 2.05) is 0 Å². The maximum absolute atomic E-state index is 11.1. The lowest BCUT2D eigenvalue weighted by Gasteiger charge is -2.00. The smallest absolute Gasteiger partial charge is 0.378 e. The zero-order valence-electron chi connectivity index (χ0n) is 7.06. The normalized spacial score (nSPS) is 9.57. The van der Waals surface area contributed by atoms with Gasteiger partial charge in [0.2, 0.25) is 0 Å². The molecule has 0 atom stereocenters. The van der Waals surface area contributed by atoms with E-state index in [4.69, 9.17) is 0 Å². The van der Waals surface area contributed by atoms with Crippen molar-refractivity contribution in [2.75, 3.05) is 7.11 Å². The van der Waals surface area contributed by atoms with Gasteiger partial charge in [0.05, 0.1) is 12.7 Å². The molecule has 74 valence electrons. The first-order valence-corrected chi connectivity index (χ1v) is 4.24. The van der Waals surface area contributed by atoms with Crippen LogP contribution in [0.4, 0.5) is 5.82 Å². The quantitative estimate of drug-likeness (QED) is 0.458. The molecule has 0 aliphatic heterocycles. The van der Waals surface area contributed by atoms with E-state index in [-0.39, 0.29) is 10.0 Å². The van der Waals surface area contributed by atoms with Gasteiger partial charge in [-0.05, 0) is 31.9 Å². The summed E-state index contributed by atoms with van der Waals surface area (Å²) in [4.78, 5) is 24.4. The lowest BCUT2D eigenvalue weighted by atomic mass is 10.2. The lowest BCUT2D eigenvalue weighted by Crippen LogP contribution is -2.05. The highest BCUT2D eigenvalue weighted by atomic mass is 79.9. The number of hydrogen-bond donors (Lipinski definition) is 0. The summed E-state index contributed by atoms with van der Waals surface area (Å²) in [5, 5.41) is 10.4. The molecule has 14 heavy (non-hydrogen) atoms. The first-order chi connectivity index (χ1) is 6.57. The van der Waals surface area contributed by atoms with Crippen molar-refractivity contribution in [3.63, 3.8) is 0 Å². The van der Waals surface area contributed by atoms with Crippen molar-refractivity contribution in [2.24, 2.45) is 0 Å². The molecule has 7 heteroatoms. The van der Waals surface area contributed by atoms with Crippen molar-refractivity contribution < 1.29 is 14.5 Å². The molecule has 0 aliphatic rings. The minimum atomic E-state index is -0.684. The molecule has 0 radical (unpaired) electrons. The molecule has 0 aromatic carbocycles. The Balaban J connectivity index is 3.27. The molecule has 1 aromatic heterocycles. The van der Waals surface area contributed by atoms with Gasteiger partial charge in [-0.3, -0.25) is 0 Å². The summed E-state index contributed by atoms with van der Waals surface area (Å²) in [6.45, 7) is 0. The average Bonchev–Trinajstić information content (AvgIpc) is 2.16. The van der Waals surface area contributed by atoms with Gasteiger partial charge in [0.25, 0.3) is 0 Å². The van der Waals surface area contributed by atoms with E-state index >= 15 is 0 Å². The van der Waals surface area contributed by atoms with Crippen LogP contribution in [0.25, 0.3) is 0 Å². The van der Waals surface area contributed by atoms with Gasteiger partial charge in [0.1, 0.15) is 10.7 Å². The largest absolute Gasteiger partial charge is 0.465 e. The molecule has 0 aliphatic carbocycles. The molecule has 0 spiro atoms. The first kappa shape index (κ1) is 10.6. The number of nitro groups is 1. The fourth-order valence-electron chi connectivity index (χ4n) is 0.828. The molecule has 1 rings (SSSR count). The van der Waals surface area contributed by atoms with Crippen LogP contribution >= 0.6 is 15.9 Å². The summed E-state index contributed by atoms with van der Waals surface area (Å²) in [7, 11) is 1.20. The van der Waals surface area contributed by atoms with Gasteiger partial charge in [-0.1, -0.05) is 0 Å². The highest BCUT2D eigenvalue weighted by Crippen LogP contribution is 2.26. The topological polar surface area (TPSA) is 82.3 Å². The van der Waals surface area contributed by atoms with Crippen LogP contribution in [-0.2, 0) is 4.74 Å². The number of pyridine rings is 1. The molecule has 0 N–H and O–H groups in total. The van der Waals surface area contributed by atoms with Crippen LogP contribution in [0.3, 0.4) is 0 Å². The van der Waals surface area contributed by atoms with Gasteiger partial charge in [0, 0.05) is 0 Å². The van der Waals surface area contributed by atoms with Crippen molar-refractivity contribution in [3.05, 3.63) is 32.4 Å². The third kappa shape index (κ3) is 1.87. The van der Waals surface area contributed by atoms with Crippen LogP contribution in [0.1, 0.15) is 10.4 Å². The van der Waals surface area contributed by atoms with Crippen LogP contribution in [-0.4, -0.2) is 23.0 Å². The third-order valence-corrected chi connectivity index (χ3v) is 2.23. The van der Waals surface area contributed by atoms with Crippen LogP contribution in [0.5, 0.6) is 0 Å². The Morgan fingerprint density at radius 2 is 2.36 bits per heavy atom. The van der Waals surface area contributed by atoms with E-state index in [1.165, 1.54) is 19.4 Å². The number of nitrogens with zero attached hydrogens (tertiary/aromatic N) is 2. The van der Waals surface area contributed by atoms with Crippen LogP contribution < -0.4 is 0 Å². The minimum absolute atomic E-state index is 0.0249. The Morgan fingerprint density at radius 3 is 2.86 bits per heavy atom. The minimum Gasteiger partial charge on any atom is -0.465 e. The van der Waals surface area contributed by atoms with Gasteiger partial charge < -0.3 is 14.9 Å². The van der Waals surface area contributed by atoms with Crippen LogP contribution in [0.15, 0.2) is 16.7 Å². The van der Waals surface area contributed by atoms with E-state index in [1.54, 1.807) is 0 Å². The monoisotopic (exact) mass is 260 g/mol. The Labute approximate surface area is 87.2 Å². The fourth-order valence-corrected chi connectivity index (χ4v) is 1.37. The van der Waals surface area contributed by atoms with Crippen molar-refractivity contribution in [3.8, 4) is 0 Å². The predicted octanol–water partition coefficient (Wildman–Crippen LogP) is 1.54. The molecule has 1 heterocycles. The maximum Gasteiger partial charge on any atom is 0.378 e. The Hall–Kier alpha value is -1.50. The molecule has 0 fully saturated rings. The fraction of sp³-hybridized carbons (Fsp3) is 0.143. The van der Waals surface area contributed by atoms with Gasteiger partial charge >= 0.3 is 11.8 Å². The molecule has 0 saturated carbocycles. The number of aromatic nitrogens is 1. The molecule has 0 saturated heterocycles. The van der Waals surface area contributed by atoms with Gasteiger partial charge in [-0.2, -0.15) is 0 Å². The van der Waals surface area contributed by atoms with E-state index in [0.29, 0.717) is 0 Å².